The molecule has 2 atom stereocenters. The van der Waals surface area contributed by atoms with E-state index in [4.69, 9.17) is 9.47 Å². The fraction of sp³-hybridized carbons (Fsp3) is 0.471. The first-order chi connectivity index (χ1) is 11.3. The topological polar surface area (TPSA) is 51.5 Å². The Morgan fingerprint density at radius 2 is 2.17 bits per heavy atom. The van der Waals surface area contributed by atoms with Gasteiger partial charge in [-0.3, -0.25) is 4.90 Å². The lowest BCUT2D eigenvalue weighted by Crippen LogP contribution is -2.47. The highest BCUT2D eigenvalue weighted by Gasteiger charge is 2.35. The van der Waals surface area contributed by atoms with Gasteiger partial charge in [-0.2, -0.15) is 0 Å². The third kappa shape index (κ3) is 2.97. The van der Waals surface area contributed by atoms with Crippen LogP contribution in [0.4, 0.5) is 0 Å². The molecule has 6 nitrogen and oxygen atoms in total. The number of fused-ring (bicyclic) bond motifs is 1. The molecule has 1 aromatic heterocycles. The van der Waals surface area contributed by atoms with Gasteiger partial charge in [-0.15, -0.1) is 0 Å². The molecular weight excluding hydrogens is 292 g/mol. The second-order valence-corrected chi connectivity index (χ2v) is 6.08. The second-order valence-electron chi connectivity index (χ2n) is 6.08. The molecule has 1 aromatic carbocycles. The number of nitrogens with one attached hydrogen (secondary N) is 1. The van der Waals surface area contributed by atoms with Crippen molar-refractivity contribution in [3.63, 3.8) is 0 Å². The summed E-state index contributed by atoms with van der Waals surface area (Å²) in [5.41, 5.74) is 1.10. The fourth-order valence-corrected chi connectivity index (χ4v) is 3.43. The molecule has 3 heterocycles. The van der Waals surface area contributed by atoms with Crippen molar-refractivity contribution in [3.05, 3.63) is 42.5 Å². The third-order valence-electron chi connectivity index (χ3n) is 4.62. The average molecular weight is 314 g/mol. The van der Waals surface area contributed by atoms with Crippen molar-refractivity contribution in [2.45, 2.75) is 18.7 Å². The number of benzene rings is 1. The van der Waals surface area contributed by atoms with E-state index in [2.05, 4.69) is 31.9 Å². The lowest BCUT2D eigenvalue weighted by molar-refractivity contribution is 0.0174. The van der Waals surface area contributed by atoms with Gasteiger partial charge in [0.05, 0.1) is 26.4 Å². The molecule has 23 heavy (non-hydrogen) atoms. The summed E-state index contributed by atoms with van der Waals surface area (Å²) in [6.45, 7) is 4.58. The van der Waals surface area contributed by atoms with Gasteiger partial charge in [-0.1, -0.05) is 0 Å². The molecule has 0 aliphatic carbocycles. The van der Waals surface area contributed by atoms with Crippen LogP contribution in [0.2, 0.25) is 0 Å². The predicted octanol–water partition coefficient (Wildman–Crippen LogP) is 1.05. The van der Waals surface area contributed by atoms with Crippen LogP contribution in [0, 0.1) is 0 Å². The largest absolute Gasteiger partial charge is 0.497 e. The van der Waals surface area contributed by atoms with Gasteiger partial charge >= 0.3 is 0 Å². The molecule has 0 amide bonds. The summed E-state index contributed by atoms with van der Waals surface area (Å²) in [4.78, 5) is 6.96. The van der Waals surface area contributed by atoms with E-state index in [0.29, 0.717) is 12.1 Å². The van der Waals surface area contributed by atoms with Crippen LogP contribution in [0.5, 0.6) is 5.75 Å². The number of aromatic nitrogens is 2. The molecule has 2 aliphatic heterocycles. The van der Waals surface area contributed by atoms with Gasteiger partial charge in [0, 0.05) is 43.8 Å². The van der Waals surface area contributed by atoms with E-state index in [9.17, 15) is 0 Å². The Bertz CT molecular complexity index is 641. The number of likely N-dealkylation sites (tertiary alicyclic amines) is 1. The first-order valence-electron chi connectivity index (χ1n) is 8.07. The second kappa shape index (κ2) is 6.31. The zero-order chi connectivity index (χ0) is 15.6. The van der Waals surface area contributed by atoms with Crippen molar-refractivity contribution < 1.29 is 9.47 Å². The highest BCUT2D eigenvalue weighted by molar-refractivity contribution is 5.38. The minimum absolute atomic E-state index is 0.313. The number of rotatable bonds is 4. The Hall–Kier alpha value is -1.89. The number of hydrogen-bond donors (Lipinski definition) is 1. The molecule has 1 N–H and O–H groups in total. The van der Waals surface area contributed by atoms with Crippen molar-refractivity contribution in [2.75, 3.05) is 33.4 Å². The van der Waals surface area contributed by atoms with Crippen molar-refractivity contribution >= 4 is 0 Å². The van der Waals surface area contributed by atoms with E-state index < -0.39 is 0 Å². The summed E-state index contributed by atoms with van der Waals surface area (Å²) in [6, 6.07) is 8.51. The molecule has 0 spiro atoms. The number of morpholine rings is 1. The van der Waals surface area contributed by atoms with E-state index in [0.717, 1.165) is 50.0 Å². The van der Waals surface area contributed by atoms with Gasteiger partial charge in [0.1, 0.15) is 11.6 Å². The molecular formula is C17H22N4O2. The number of hydrogen-bond acceptors (Lipinski definition) is 5. The van der Waals surface area contributed by atoms with E-state index in [1.165, 1.54) is 0 Å². The van der Waals surface area contributed by atoms with Crippen LogP contribution in [-0.2, 0) is 11.3 Å². The Kier molecular flexibility index (Phi) is 4.03. The highest BCUT2D eigenvalue weighted by Crippen LogP contribution is 2.20. The molecule has 4 rings (SSSR count). The molecule has 2 saturated heterocycles. The SMILES string of the molecule is COc1ccc(-n2ccnc2CN2C[C@@H]3NCCO[C@H]3C2)cc1. The normalized spacial score (nSPS) is 24.6. The standard InChI is InChI=1S/C17H22N4O2/c1-22-14-4-2-13(3-5-14)21-8-6-19-17(21)12-20-10-15-16(11-20)23-9-7-18-15/h2-6,8,15-16,18H,7,9-12H2,1H3/t15-,16-/m0/s1. The van der Waals surface area contributed by atoms with Crippen LogP contribution >= 0.6 is 0 Å². The minimum Gasteiger partial charge on any atom is -0.497 e. The summed E-state index contributed by atoms with van der Waals surface area (Å²) in [5, 5.41) is 3.54. The van der Waals surface area contributed by atoms with Gasteiger partial charge in [-0.05, 0) is 24.3 Å². The molecule has 0 bridgehead atoms. The van der Waals surface area contributed by atoms with Crippen molar-refractivity contribution in [1.29, 1.82) is 0 Å². The molecule has 6 heteroatoms. The van der Waals surface area contributed by atoms with E-state index in [-0.39, 0.29) is 0 Å². The van der Waals surface area contributed by atoms with Crippen LogP contribution in [0.1, 0.15) is 5.82 Å². The van der Waals surface area contributed by atoms with Gasteiger partial charge < -0.3 is 19.4 Å². The summed E-state index contributed by atoms with van der Waals surface area (Å²) in [6.07, 6.45) is 4.18. The number of nitrogens with zero attached hydrogens (tertiary/aromatic N) is 3. The minimum atomic E-state index is 0.313. The Balaban J connectivity index is 1.49. The van der Waals surface area contributed by atoms with E-state index in [1.807, 2.05) is 24.5 Å². The van der Waals surface area contributed by atoms with Gasteiger partial charge in [0.2, 0.25) is 0 Å². The van der Waals surface area contributed by atoms with Crippen molar-refractivity contribution in [1.82, 2.24) is 19.8 Å². The molecule has 0 radical (unpaired) electrons. The molecule has 2 aliphatic rings. The third-order valence-corrected chi connectivity index (χ3v) is 4.62. The Morgan fingerprint density at radius 1 is 1.30 bits per heavy atom. The Morgan fingerprint density at radius 3 is 2.96 bits per heavy atom. The Labute approximate surface area is 136 Å². The maximum atomic E-state index is 5.85. The van der Waals surface area contributed by atoms with Gasteiger partial charge in [-0.25, -0.2) is 4.98 Å². The summed E-state index contributed by atoms with van der Waals surface area (Å²) in [7, 11) is 1.68. The molecule has 2 aromatic rings. The summed E-state index contributed by atoms with van der Waals surface area (Å²) in [5.74, 6) is 1.91. The average Bonchev–Trinajstić information content (AvgIpc) is 3.21. The fourth-order valence-electron chi connectivity index (χ4n) is 3.43. The quantitative estimate of drug-likeness (QED) is 0.914. The lowest BCUT2D eigenvalue weighted by atomic mass is 10.2. The smallest absolute Gasteiger partial charge is 0.127 e. The van der Waals surface area contributed by atoms with Crippen LogP contribution in [0.25, 0.3) is 5.69 Å². The molecule has 0 unspecified atom stereocenters. The predicted molar refractivity (Wildman–Crippen MR) is 86.9 cm³/mol. The van der Waals surface area contributed by atoms with Gasteiger partial charge in [0.25, 0.3) is 0 Å². The lowest BCUT2D eigenvalue weighted by Gasteiger charge is -2.25. The van der Waals surface area contributed by atoms with Crippen LogP contribution < -0.4 is 10.1 Å². The van der Waals surface area contributed by atoms with Crippen LogP contribution in [-0.4, -0.2) is 59.9 Å². The van der Waals surface area contributed by atoms with E-state index in [1.54, 1.807) is 7.11 Å². The molecule has 122 valence electrons. The molecule has 2 fully saturated rings. The zero-order valence-corrected chi connectivity index (χ0v) is 13.3. The van der Waals surface area contributed by atoms with Gasteiger partial charge in [0.15, 0.2) is 0 Å². The van der Waals surface area contributed by atoms with Crippen LogP contribution in [0.3, 0.4) is 0 Å². The number of methoxy groups -OCH3 is 1. The zero-order valence-electron chi connectivity index (χ0n) is 13.3. The number of ether oxygens (including phenoxy) is 2. The maximum absolute atomic E-state index is 5.85. The molecule has 0 saturated carbocycles. The van der Waals surface area contributed by atoms with Crippen LogP contribution in [0.15, 0.2) is 36.7 Å². The maximum Gasteiger partial charge on any atom is 0.127 e. The first kappa shape index (κ1) is 14.7. The summed E-state index contributed by atoms with van der Waals surface area (Å²) >= 11 is 0. The van der Waals surface area contributed by atoms with Crippen molar-refractivity contribution in [2.24, 2.45) is 0 Å². The first-order valence-corrected chi connectivity index (χ1v) is 8.07. The monoisotopic (exact) mass is 314 g/mol. The van der Waals surface area contributed by atoms with E-state index >= 15 is 0 Å². The number of imidazole rings is 1. The summed E-state index contributed by atoms with van der Waals surface area (Å²) < 4.78 is 13.2. The van der Waals surface area contributed by atoms with Crippen molar-refractivity contribution in [3.8, 4) is 11.4 Å². The highest BCUT2D eigenvalue weighted by atomic mass is 16.5.